The summed E-state index contributed by atoms with van der Waals surface area (Å²) < 4.78 is 0. The molecule has 48 nitrogen and oxygen atoms in total. The van der Waals surface area contributed by atoms with Gasteiger partial charge in [-0.1, -0.05) is 120 Å². The number of carbonyl (C=O) groups excluding carboxylic acids is 21. The molecular weight excluding hydrogens is 1890 g/mol. The average Bonchev–Trinajstić information content (AvgIpc) is 1.66. The first-order chi connectivity index (χ1) is 68.2. The summed E-state index contributed by atoms with van der Waals surface area (Å²) in [6.45, 7) is 21.9. The number of amides is 21. The molecule has 7 rings (SSSR count). The maximum atomic E-state index is 15.0. The highest BCUT2D eigenvalue weighted by atomic mass is 16.4. The van der Waals surface area contributed by atoms with E-state index in [0.717, 1.165) is 18.7 Å². The molecule has 6 aliphatic rings. The Labute approximate surface area is 844 Å². The first-order valence-corrected chi connectivity index (χ1v) is 50.6. The lowest BCUT2D eigenvalue weighted by Gasteiger charge is -2.35. The summed E-state index contributed by atoms with van der Waals surface area (Å²) in [7, 11) is 0. The van der Waals surface area contributed by atoms with E-state index in [0.29, 0.717) is 24.8 Å². The number of aliphatic hydroxyl groups is 3. The van der Waals surface area contributed by atoms with Crippen LogP contribution < -0.4 is 86.7 Å². The minimum absolute atomic E-state index is 0.00480. The molecule has 145 heavy (non-hydrogen) atoms. The number of carboxylic acids is 1. The molecule has 21 amide bonds. The fourth-order valence-electron chi connectivity index (χ4n) is 19.1. The Kier molecular flexibility index (Phi) is 45.8. The normalized spacial score (nSPS) is 21.2. The van der Waals surface area contributed by atoms with E-state index in [4.69, 9.17) is 22.9 Å². The second-order valence-electron chi connectivity index (χ2n) is 40.8. The van der Waals surface area contributed by atoms with Crippen molar-refractivity contribution in [2.24, 2.45) is 58.4 Å². The molecule has 0 unspecified atom stereocenters. The Morgan fingerprint density at radius 2 is 0.669 bits per heavy atom. The van der Waals surface area contributed by atoms with E-state index >= 15 is 4.79 Å². The third kappa shape index (κ3) is 33.2. The number of benzene rings is 1. The highest BCUT2D eigenvalue weighted by Crippen LogP contribution is 2.32. The molecule has 1 aromatic rings. The number of likely N-dealkylation sites (tertiary alicyclic amines) is 6. The van der Waals surface area contributed by atoms with Crippen molar-refractivity contribution in [3.8, 4) is 0 Å². The van der Waals surface area contributed by atoms with Crippen LogP contribution in [0, 0.1) is 35.5 Å². The van der Waals surface area contributed by atoms with Gasteiger partial charge < -0.3 is 137 Å². The molecule has 808 valence electrons. The van der Waals surface area contributed by atoms with E-state index in [1.54, 1.807) is 113 Å². The van der Waals surface area contributed by atoms with Gasteiger partial charge >= 0.3 is 5.97 Å². The predicted octanol–water partition coefficient (Wildman–Crippen LogP) is -5.33. The SMILES string of the molecule is CC[C@H](C)[C@H](NC(=O)[C@H](CC(N)=O)NC(=O)[C@H](CCC(N)=O)NC(=O)[C@@H]1CCCN1C(=O)[C@H](CC(C)C)NC(=O)[C@@H](N)CO)C(=O)N1CCC[C@H]1C(=O)N1CCC[C@H]1C(=O)N[C@@H](CC(C)C)C(=O)N[C@H](C(=O)N[C@@H](CCC(N)=O)C(=O)N[C@H](C(=O)N1CCC[C@H]1C(=O)N[C@H](C(=O)N[C@H](C(=O)N[C@H](C(=O)N1CCC[C@H]1C(=O)N1CCC[C@H]1C(=O)N[C@@H](Cc1ccccc1)C(=O)O)C(C)C)C(C)C)C(C)C)[C@@H](C)O)[C@@H](C)O. The quantitative estimate of drug-likeness (QED) is 0.0290. The van der Waals surface area contributed by atoms with Crippen molar-refractivity contribution in [3.05, 3.63) is 35.9 Å². The van der Waals surface area contributed by atoms with Crippen LogP contribution in [-0.2, 0) is 112 Å². The largest absolute Gasteiger partial charge is 0.480 e. The van der Waals surface area contributed by atoms with Crippen molar-refractivity contribution in [1.82, 2.24) is 93.2 Å². The number of aliphatic carboxylic acids is 1. The standard InChI is InChI=1S/C97H154N22O26/c1-15-53(12)76(111-83(130)61(46-72(101)125)104-80(127)58(33-35-70(99)123)102-84(131)64-27-19-37-114(64)91(138)62(44-49(4)5)106-79(126)57(98)47-120)95(142)119-42-24-32-69(119)93(140)115-38-20-28-65(115)85(132)105-60(43-48(2)3)82(129)112-77(54(13)121)90(137)103-59(34-36-71(100)124)81(128)113-78(55(14)122)96(143)117-40-22-30-67(117)87(134)108-73(50(6)7)88(135)109-74(51(8)9)89(136)110-75(52(10)11)94(141)118-41-23-31-68(118)92(139)116-39-21-29-66(116)86(133)107-63(97(144)145)45-56-25-17-16-18-26-56/h16-18,25-26,48-55,57-69,73-78,120-122H,15,19-24,27-47,98H2,1-14H3,(H2,99,123)(H2,100,124)(H2,101,125)(H,102,131)(H,103,137)(H,104,127)(H,105,132)(H,106,126)(H,107,133)(H,108,134)(H,109,135)(H,110,136)(H,111,130)(H,112,129)(H,113,128)(H,144,145)/t53-,54+,55+,57-,58-,59-,60-,61-,62-,63-,64-,65-,66-,67-,68-,69-,73-,74-,75-,76-,77-,78-/m0/s1. The molecule has 6 fully saturated rings. The van der Waals surface area contributed by atoms with Crippen molar-refractivity contribution >= 4 is 130 Å². The number of nitrogens with zero attached hydrogens (tertiary/aromatic N) is 6. The number of aliphatic hydroxyl groups excluding tert-OH is 3. The zero-order valence-electron chi connectivity index (χ0n) is 85.5. The Morgan fingerprint density at radius 1 is 0.345 bits per heavy atom. The molecule has 24 N–H and O–H groups in total. The van der Waals surface area contributed by atoms with Crippen LogP contribution in [0.3, 0.4) is 0 Å². The lowest BCUT2D eigenvalue weighted by atomic mass is 9.96. The van der Waals surface area contributed by atoms with Gasteiger partial charge in [-0.25, -0.2) is 4.79 Å². The number of primary amides is 3. The molecule has 6 heterocycles. The summed E-state index contributed by atoms with van der Waals surface area (Å²) in [6.07, 6.45) is -3.58. The summed E-state index contributed by atoms with van der Waals surface area (Å²) in [4.78, 5) is 317. The first kappa shape index (κ1) is 119. The van der Waals surface area contributed by atoms with E-state index in [2.05, 4.69) is 63.8 Å². The van der Waals surface area contributed by atoms with Crippen LogP contribution in [0.2, 0.25) is 0 Å². The number of hydrogen-bond acceptors (Lipinski definition) is 26. The van der Waals surface area contributed by atoms with E-state index in [1.165, 1.54) is 24.5 Å². The van der Waals surface area contributed by atoms with Crippen molar-refractivity contribution in [2.45, 2.75) is 359 Å². The van der Waals surface area contributed by atoms with Crippen LogP contribution in [0.4, 0.5) is 0 Å². The molecular formula is C97H154N22O26. The highest BCUT2D eigenvalue weighted by Gasteiger charge is 2.51. The van der Waals surface area contributed by atoms with Gasteiger partial charge in [-0.2, -0.15) is 0 Å². The summed E-state index contributed by atoms with van der Waals surface area (Å²) in [5.74, 6) is -22.8. The van der Waals surface area contributed by atoms with Crippen LogP contribution in [0.15, 0.2) is 30.3 Å². The second kappa shape index (κ2) is 55.6. The van der Waals surface area contributed by atoms with Gasteiger partial charge in [0.25, 0.3) is 0 Å². The monoisotopic (exact) mass is 2040 g/mol. The predicted molar refractivity (Wildman–Crippen MR) is 521 cm³/mol. The first-order valence-electron chi connectivity index (χ1n) is 50.6. The number of nitrogens with one attached hydrogen (secondary N) is 12. The summed E-state index contributed by atoms with van der Waals surface area (Å²) in [5.41, 5.74) is 23.1. The van der Waals surface area contributed by atoms with Crippen LogP contribution in [0.1, 0.15) is 231 Å². The van der Waals surface area contributed by atoms with Gasteiger partial charge in [-0.15, -0.1) is 0 Å². The molecule has 0 aliphatic carbocycles. The Bertz CT molecular complexity index is 4790. The van der Waals surface area contributed by atoms with Gasteiger partial charge in [0.2, 0.25) is 124 Å². The molecule has 6 saturated heterocycles. The average molecular weight is 2040 g/mol. The molecule has 6 aliphatic heterocycles. The lowest BCUT2D eigenvalue weighted by Crippen LogP contribution is -2.63. The van der Waals surface area contributed by atoms with Crippen LogP contribution in [0.25, 0.3) is 0 Å². The fraction of sp³-hybridized carbons (Fsp3) is 0.711. The Morgan fingerprint density at radius 3 is 1.10 bits per heavy atom. The molecule has 0 saturated carbocycles. The summed E-state index contributed by atoms with van der Waals surface area (Å²) in [5, 5.41) is 73.0. The minimum Gasteiger partial charge on any atom is -0.480 e. The van der Waals surface area contributed by atoms with E-state index in [9.17, 15) is 121 Å². The van der Waals surface area contributed by atoms with Crippen molar-refractivity contribution in [3.63, 3.8) is 0 Å². The Balaban J connectivity index is 0.977. The van der Waals surface area contributed by atoms with Crippen LogP contribution in [0.5, 0.6) is 0 Å². The lowest BCUT2D eigenvalue weighted by molar-refractivity contribution is -0.149. The van der Waals surface area contributed by atoms with Crippen LogP contribution >= 0.6 is 0 Å². The number of nitrogens with two attached hydrogens (primary N) is 4. The maximum absolute atomic E-state index is 15.0. The van der Waals surface area contributed by atoms with Crippen molar-refractivity contribution in [2.75, 3.05) is 45.9 Å². The molecule has 48 heteroatoms. The number of carbonyl (C=O) groups is 22. The van der Waals surface area contributed by atoms with E-state index in [-0.39, 0.29) is 135 Å². The van der Waals surface area contributed by atoms with E-state index in [1.807, 2.05) is 0 Å². The zero-order valence-corrected chi connectivity index (χ0v) is 85.5. The summed E-state index contributed by atoms with van der Waals surface area (Å²) >= 11 is 0. The van der Waals surface area contributed by atoms with Crippen molar-refractivity contribution < 1.29 is 126 Å². The minimum atomic E-state index is -1.94. The highest BCUT2D eigenvalue weighted by molar-refractivity contribution is 6.03. The van der Waals surface area contributed by atoms with Crippen LogP contribution in [-0.4, -0.2) is 353 Å². The number of carboxylic acid groups (broad SMARTS) is 1. The molecule has 1 aromatic carbocycles. The molecule has 22 atom stereocenters. The van der Waals surface area contributed by atoms with Gasteiger partial charge in [-0.05, 0) is 158 Å². The van der Waals surface area contributed by atoms with E-state index < -0.39 is 319 Å². The topological polar surface area (TPSA) is 724 Å². The third-order valence-corrected chi connectivity index (χ3v) is 27.4. The zero-order chi connectivity index (χ0) is 108. The third-order valence-electron chi connectivity index (χ3n) is 27.4. The second-order valence-corrected chi connectivity index (χ2v) is 40.8. The van der Waals surface area contributed by atoms with Gasteiger partial charge in [0.05, 0.1) is 25.2 Å². The fourth-order valence-corrected chi connectivity index (χ4v) is 19.1. The molecule has 0 radical (unpaired) electrons. The maximum Gasteiger partial charge on any atom is 0.326 e. The molecule has 0 spiro atoms. The Hall–Kier alpha value is -12.6. The number of hydrogen-bond donors (Lipinski definition) is 20. The molecule has 0 bridgehead atoms. The van der Waals surface area contributed by atoms with Gasteiger partial charge in [0.1, 0.15) is 115 Å². The summed E-state index contributed by atoms with van der Waals surface area (Å²) in [6, 6.07) is -18.1. The van der Waals surface area contributed by atoms with Gasteiger partial charge in [0, 0.05) is 58.5 Å². The number of rotatable bonds is 53. The molecule has 0 aromatic heterocycles. The van der Waals surface area contributed by atoms with Gasteiger partial charge in [-0.3, -0.25) is 101 Å². The van der Waals surface area contributed by atoms with Gasteiger partial charge in [0.15, 0.2) is 0 Å². The smallest absolute Gasteiger partial charge is 0.326 e. The van der Waals surface area contributed by atoms with Crippen molar-refractivity contribution in [1.29, 1.82) is 0 Å².